The molecule has 0 aliphatic carbocycles. The number of aliphatic carboxylic acids is 1. The molecule has 2 heterocycles. The fourth-order valence-electron chi connectivity index (χ4n) is 2.32. The van der Waals surface area contributed by atoms with Crippen molar-refractivity contribution in [1.82, 2.24) is 15.5 Å². The van der Waals surface area contributed by atoms with Gasteiger partial charge in [-0.2, -0.15) is 0 Å². The summed E-state index contributed by atoms with van der Waals surface area (Å²) in [7, 11) is 0. The van der Waals surface area contributed by atoms with Gasteiger partial charge in [-0.05, 0) is 30.4 Å². The third-order valence-corrected chi connectivity index (χ3v) is 4.23. The van der Waals surface area contributed by atoms with Gasteiger partial charge in [0, 0.05) is 18.0 Å². The molecule has 21 heavy (non-hydrogen) atoms. The molecule has 2 rings (SSSR count). The highest BCUT2D eigenvalue weighted by molar-refractivity contribution is 7.10. The Bertz CT molecular complexity index is 557. The van der Waals surface area contributed by atoms with Gasteiger partial charge in [-0.25, -0.2) is 9.59 Å². The van der Waals surface area contributed by atoms with Crippen molar-refractivity contribution in [3.8, 4) is 0 Å². The predicted octanol–water partition coefficient (Wildman–Crippen LogP) is 0.578. The van der Waals surface area contributed by atoms with E-state index in [4.69, 9.17) is 0 Å². The molecule has 3 amide bonds. The van der Waals surface area contributed by atoms with Gasteiger partial charge in [0.2, 0.25) is 5.91 Å². The highest BCUT2D eigenvalue weighted by atomic mass is 32.1. The van der Waals surface area contributed by atoms with Crippen LogP contribution >= 0.6 is 11.3 Å². The van der Waals surface area contributed by atoms with Gasteiger partial charge in [-0.3, -0.25) is 4.79 Å². The van der Waals surface area contributed by atoms with Crippen molar-refractivity contribution >= 4 is 29.2 Å². The quantitative estimate of drug-likeness (QED) is 0.757. The molecule has 1 aromatic heterocycles. The molecule has 1 atom stereocenters. The molecule has 1 unspecified atom stereocenters. The SMILES string of the molecule is CCNC(=O)CNC(=O)N1CCc2sccc2C1C(=O)O. The molecule has 114 valence electrons. The number of amides is 3. The zero-order valence-corrected chi connectivity index (χ0v) is 12.4. The van der Waals surface area contributed by atoms with E-state index in [1.54, 1.807) is 13.0 Å². The number of carboxylic acid groups (broad SMARTS) is 1. The molecule has 1 aliphatic heterocycles. The van der Waals surface area contributed by atoms with Gasteiger partial charge in [0.1, 0.15) is 0 Å². The highest BCUT2D eigenvalue weighted by Crippen LogP contribution is 2.33. The monoisotopic (exact) mass is 311 g/mol. The Morgan fingerprint density at radius 3 is 2.86 bits per heavy atom. The lowest BCUT2D eigenvalue weighted by Crippen LogP contribution is -2.49. The van der Waals surface area contributed by atoms with E-state index in [1.165, 1.54) is 16.2 Å². The van der Waals surface area contributed by atoms with Crippen LogP contribution in [-0.4, -0.2) is 47.5 Å². The van der Waals surface area contributed by atoms with E-state index in [2.05, 4.69) is 10.6 Å². The number of carbonyl (C=O) groups excluding carboxylic acids is 2. The van der Waals surface area contributed by atoms with Gasteiger partial charge in [-0.15, -0.1) is 11.3 Å². The second-order valence-corrected chi connectivity index (χ2v) is 5.60. The number of urea groups is 1. The van der Waals surface area contributed by atoms with Gasteiger partial charge < -0.3 is 20.6 Å². The maximum absolute atomic E-state index is 12.1. The number of thiophene rings is 1. The number of carboxylic acids is 1. The Labute approximate surface area is 125 Å². The minimum Gasteiger partial charge on any atom is -0.479 e. The minimum atomic E-state index is -1.07. The summed E-state index contributed by atoms with van der Waals surface area (Å²) >= 11 is 1.50. The van der Waals surface area contributed by atoms with Gasteiger partial charge in [0.05, 0.1) is 6.54 Å². The zero-order chi connectivity index (χ0) is 15.4. The number of rotatable bonds is 4. The van der Waals surface area contributed by atoms with Crippen molar-refractivity contribution in [1.29, 1.82) is 0 Å². The fraction of sp³-hybridized carbons (Fsp3) is 0.462. The van der Waals surface area contributed by atoms with Crippen LogP contribution in [0, 0.1) is 0 Å². The topological polar surface area (TPSA) is 98.7 Å². The molecule has 0 saturated heterocycles. The molecule has 1 aromatic rings. The summed E-state index contributed by atoms with van der Waals surface area (Å²) in [6, 6.07) is 0.210. The van der Waals surface area contributed by atoms with E-state index in [0.717, 1.165) is 4.88 Å². The Kier molecular flexibility index (Phi) is 4.79. The van der Waals surface area contributed by atoms with Crippen molar-refractivity contribution in [3.05, 3.63) is 21.9 Å². The van der Waals surface area contributed by atoms with E-state index in [-0.39, 0.29) is 12.5 Å². The second kappa shape index (κ2) is 6.57. The lowest BCUT2D eigenvalue weighted by atomic mass is 10.0. The number of nitrogens with one attached hydrogen (secondary N) is 2. The number of carbonyl (C=O) groups is 3. The molecule has 0 bridgehead atoms. The maximum atomic E-state index is 12.1. The molecular formula is C13H17N3O4S. The fourth-order valence-corrected chi connectivity index (χ4v) is 3.22. The van der Waals surface area contributed by atoms with Crippen molar-refractivity contribution in [2.45, 2.75) is 19.4 Å². The highest BCUT2D eigenvalue weighted by Gasteiger charge is 2.36. The molecule has 0 saturated carbocycles. The molecule has 7 nitrogen and oxygen atoms in total. The Hall–Kier alpha value is -2.09. The van der Waals surface area contributed by atoms with Gasteiger partial charge in [0.15, 0.2) is 6.04 Å². The zero-order valence-electron chi connectivity index (χ0n) is 11.6. The number of likely N-dealkylation sites (N-methyl/N-ethyl adjacent to an activating group) is 1. The molecule has 1 aliphatic rings. The van der Waals surface area contributed by atoms with Crippen LogP contribution in [-0.2, 0) is 16.0 Å². The first kappa shape index (κ1) is 15.3. The molecule has 0 radical (unpaired) electrons. The van der Waals surface area contributed by atoms with E-state index in [9.17, 15) is 19.5 Å². The number of nitrogens with zero attached hydrogens (tertiary/aromatic N) is 1. The lowest BCUT2D eigenvalue weighted by molar-refractivity contribution is -0.142. The average molecular weight is 311 g/mol. The number of hydrogen-bond acceptors (Lipinski definition) is 4. The van der Waals surface area contributed by atoms with Crippen LogP contribution in [0.1, 0.15) is 23.4 Å². The van der Waals surface area contributed by atoms with Crippen LogP contribution in [0.5, 0.6) is 0 Å². The summed E-state index contributed by atoms with van der Waals surface area (Å²) in [6.07, 6.45) is 0.630. The first-order valence-corrected chi connectivity index (χ1v) is 7.52. The largest absolute Gasteiger partial charge is 0.479 e. The predicted molar refractivity (Wildman–Crippen MR) is 77.2 cm³/mol. The van der Waals surface area contributed by atoms with Gasteiger partial charge in [0.25, 0.3) is 0 Å². The molecule has 0 fully saturated rings. The van der Waals surface area contributed by atoms with Crippen molar-refractivity contribution in [2.24, 2.45) is 0 Å². The Morgan fingerprint density at radius 2 is 2.19 bits per heavy atom. The standard InChI is InChI=1S/C13H17N3O4S/c1-2-14-10(17)7-15-13(20)16-5-3-9-8(4-6-21-9)11(16)12(18)19/h4,6,11H,2-3,5,7H2,1H3,(H,14,17)(H,15,20)(H,18,19). The number of fused-ring (bicyclic) bond motifs is 1. The van der Waals surface area contributed by atoms with Gasteiger partial charge >= 0.3 is 12.0 Å². The third-order valence-electron chi connectivity index (χ3n) is 3.23. The number of hydrogen-bond donors (Lipinski definition) is 3. The summed E-state index contributed by atoms with van der Waals surface area (Å²) in [5.41, 5.74) is 0.659. The third kappa shape index (κ3) is 3.33. The van der Waals surface area contributed by atoms with E-state index in [0.29, 0.717) is 25.1 Å². The average Bonchev–Trinajstić information content (AvgIpc) is 2.91. The van der Waals surface area contributed by atoms with Crippen LogP contribution in [0.4, 0.5) is 4.79 Å². The summed E-state index contributed by atoms with van der Waals surface area (Å²) in [5, 5.41) is 16.2. The Morgan fingerprint density at radius 1 is 1.43 bits per heavy atom. The van der Waals surface area contributed by atoms with E-state index < -0.39 is 18.0 Å². The molecule has 3 N–H and O–H groups in total. The Balaban J connectivity index is 2.07. The first-order chi connectivity index (χ1) is 10.0. The van der Waals surface area contributed by atoms with Crippen molar-refractivity contribution < 1.29 is 19.5 Å². The smallest absolute Gasteiger partial charge is 0.331 e. The van der Waals surface area contributed by atoms with Crippen molar-refractivity contribution in [2.75, 3.05) is 19.6 Å². The van der Waals surface area contributed by atoms with E-state index in [1.807, 2.05) is 5.38 Å². The molecule has 0 aromatic carbocycles. The van der Waals surface area contributed by atoms with Gasteiger partial charge in [-0.1, -0.05) is 0 Å². The van der Waals surface area contributed by atoms with Crippen LogP contribution in [0.3, 0.4) is 0 Å². The maximum Gasteiger partial charge on any atom is 0.331 e. The second-order valence-electron chi connectivity index (χ2n) is 4.60. The van der Waals surface area contributed by atoms with Crippen molar-refractivity contribution in [3.63, 3.8) is 0 Å². The first-order valence-electron chi connectivity index (χ1n) is 6.64. The normalized spacial score (nSPS) is 17.0. The minimum absolute atomic E-state index is 0.161. The van der Waals surface area contributed by atoms with Crippen LogP contribution < -0.4 is 10.6 Å². The lowest BCUT2D eigenvalue weighted by Gasteiger charge is -2.33. The summed E-state index contributed by atoms with van der Waals surface area (Å²) in [5.74, 6) is -1.37. The summed E-state index contributed by atoms with van der Waals surface area (Å²) in [6.45, 7) is 2.43. The van der Waals surface area contributed by atoms with Crippen LogP contribution in [0.15, 0.2) is 11.4 Å². The van der Waals surface area contributed by atoms with Crippen LogP contribution in [0.2, 0.25) is 0 Å². The molecule has 8 heteroatoms. The molecule has 0 spiro atoms. The van der Waals surface area contributed by atoms with E-state index >= 15 is 0 Å². The summed E-state index contributed by atoms with van der Waals surface area (Å²) < 4.78 is 0. The molecular weight excluding hydrogens is 294 g/mol. The summed E-state index contributed by atoms with van der Waals surface area (Å²) in [4.78, 5) is 37.2. The van der Waals surface area contributed by atoms with Crippen LogP contribution in [0.25, 0.3) is 0 Å².